The number of nitriles is 1. The first-order valence-corrected chi connectivity index (χ1v) is 8.35. The lowest BCUT2D eigenvalue weighted by Crippen LogP contribution is -2.13. The molecule has 0 radical (unpaired) electrons. The summed E-state index contributed by atoms with van der Waals surface area (Å²) < 4.78 is 5.38. The Bertz CT molecular complexity index is 1010. The third-order valence-electron chi connectivity index (χ3n) is 4.02. The summed E-state index contributed by atoms with van der Waals surface area (Å²) in [7, 11) is 0. The number of nitrogens with zero attached hydrogens (tertiary/aromatic N) is 1. The Balaban J connectivity index is 1.85. The molecule has 1 amide bonds. The SMILES string of the molecule is CCOc1ccc(NC(=O)C(C#N)=Cc2c(C)[nH]c3ccccc23)cc1. The van der Waals surface area contributed by atoms with Gasteiger partial charge in [0.1, 0.15) is 17.4 Å². The molecule has 0 aliphatic heterocycles. The highest BCUT2D eigenvalue weighted by molar-refractivity contribution is 6.11. The lowest BCUT2D eigenvalue weighted by Gasteiger charge is -2.06. The lowest BCUT2D eigenvalue weighted by molar-refractivity contribution is -0.112. The minimum atomic E-state index is -0.443. The van der Waals surface area contributed by atoms with Crippen molar-refractivity contribution in [1.29, 1.82) is 5.26 Å². The van der Waals surface area contributed by atoms with Crippen LogP contribution in [0.1, 0.15) is 18.2 Å². The van der Waals surface area contributed by atoms with Gasteiger partial charge in [0.05, 0.1) is 6.61 Å². The van der Waals surface area contributed by atoms with E-state index in [0.29, 0.717) is 12.3 Å². The maximum atomic E-state index is 12.5. The van der Waals surface area contributed by atoms with Gasteiger partial charge in [-0.1, -0.05) is 18.2 Å². The van der Waals surface area contributed by atoms with Crippen molar-refractivity contribution in [1.82, 2.24) is 4.98 Å². The second kappa shape index (κ2) is 7.58. The molecule has 0 aliphatic rings. The van der Waals surface area contributed by atoms with E-state index in [-0.39, 0.29) is 5.57 Å². The van der Waals surface area contributed by atoms with Gasteiger partial charge in [0.2, 0.25) is 0 Å². The molecule has 130 valence electrons. The van der Waals surface area contributed by atoms with Gasteiger partial charge in [-0.15, -0.1) is 0 Å². The van der Waals surface area contributed by atoms with Crippen LogP contribution in [0.2, 0.25) is 0 Å². The zero-order valence-electron chi connectivity index (χ0n) is 14.7. The first-order chi connectivity index (χ1) is 12.6. The Kier molecular flexibility index (Phi) is 5.04. The van der Waals surface area contributed by atoms with E-state index in [1.54, 1.807) is 30.3 Å². The number of para-hydroxylation sites is 1. The van der Waals surface area contributed by atoms with E-state index < -0.39 is 5.91 Å². The van der Waals surface area contributed by atoms with E-state index >= 15 is 0 Å². The van der Waals surface area contributed by atoms with Crippen LogP contribution in [-0.2, 0) is 4.79 Å². The predicted molar refractivity (Wildman–Crippen MR) is 103 cm³/mol. The van der Waals surface area contributed by atoms with E-state index in [0.717, 1.165) is 27.9 Å². The fraction of sp³-hybridized carbons (Fsp3) is 0.143. The average Bonchev–Trinajstić information content (AvgIpc) is 2.96. The molecule has 3 aromatic rings. The molecule has 0 atom stereocenters. The van der Waals surface area contributed by atoms with Crippen LogP contribution in [0.15, 0.2) is 54.1 Å². The summed E-state index contributed by atoms with van der Waals surface area (Å²) in [6.07, 6.45) is 1.62. The molecule has 0 bridgehead atoms. The zero-order chi connectivity index (χ0) is 18.5. The molecule has 0 fully saturated rings. The van der Waals surface area contributed by atoms with E-state index in [2.05, 4.69) is 10.3 Å². The average molecular weight is 345 g/mol. The number of ether oxygens (including phenoxy) is 1. The van der Waals surface area contributed by atoms with Crippen LogP contribution in [0.25, 0.3) is 17.0 Å². The second-order valence-electron chi connectivity index (χ2n) is 5.79. The summed E-state index contributed by atoms with van der Waals surface area (Å²) in [4.78, 5) is 15.7. The Morgan fingerprint density at radius 2 is 1.96 bits per heavy atom. The molecular weight excluding hydrogens is 326 g/mol. The van der Waals surface area contributed by atoms with Crippen LogP contribution in [-0.4, -0.2) is 17.5 Å². The van der Waals surface area contributed by atoms with Gasteiger partial charge in [0.15, 0.2) is 0 Å². The van der Waals surface area contributed by atoms with Crippen LogP contribution in [0.5, 0.6) is 5.75 Å². The van der Waals surface area contributed by atoms with Gasteiger partial charge in [-0.2, -0.15) is 5.26 Å². The molecule has 5 heteroatoms. The number of aryl methyl sites for hydroxylation is 1. The molecule has 1 aromatic heterocycles. The van der Waals surface area contributed by atoms with Crippen molar-refractivity contribution in [2.24, 2.45) is 0 Å². The van der Waals surface area contributed by atoms with Crippen molar-refractivity contribution in [3.63, 3.8) is 0 Å². The van der Waals surface area contributed by atoms with Crippen molar-refractivity contribution >= 4 is 28.6 Å². The smallest absolute Gasteiger partial charge is 0.266 e. The normalized spacial score (nSPS) is 11.2. The summed E-state index contributed by atoms with van der Waals surface area (Å²) in [5.74, 6) is 0.289. The van der Waals surface area contributed by atoms with Crippen molar-refractivity contribution < 1.29 is 9.53 Å². The van der Waals surface area contributed by atoms with Gasteiger partial charge < -0.3 is 15.0 Å². The molecule has 0 unspecified atom stereocenters. The van der Waals surface area contributed by atoms with Gasteiger partial charge in [0.25, 0.3) is 5.91 Å². The van der Waals surface area contributed by atoms with E-state index in [4.69, 9.17) is 4.74 Å². The third-order valence-corrected chi connectivity index (χ3v) is 4.02. The molecule has 2 N–H and O–H groups in total. The number of amides is 1. The van der Waals surface area contributed by atoms with Crippen molar-refractivity contribution in [3.8, 4) is 11.8 Å². The van der Waals surface area contributed by atoms with Crippen molar-refractivity contribution in [3.05, 3.63) is 65.4 Å². The third kappa shape index (κ3) is 3.60. The molecule has 5 nitrogen and oxygen atoms in total. The number of fused-ring (bicyclic) bond motifs is 1. The maximum Gasteiger partial charge on any atom is 0.266 e. The number of carbonyl (C=O) groups is 1. The number of rotatable bonds is 5. The summed E-state index contributed by atoms with van der Waals surface area (Å²) in [5.41, 5.74) is 3.38. The van der Waals surface area contributed by atoms with Crippen LogP contribution in [0, 0.1) is 18.3 Å². The molecule has 3 rings (SSSR count). The summed E-state index contributed by atoms with van der Waals surface area (Å²) in [6.45, 7) is 4.41. The fourth-order valence-corrected chi connectivity index (χ4v) is 2.78. The molecule has 1 heterocycles. The van der Waals surface area contributed by atoms with Crippen molar-refractivity contribution in [2.75, 3.05) is 11.9 Å². The maximum absolute atomic E-state index is 12.5. The molecule has 26 heavy (non-hydrogen) atoms. The minimum absolute atomic E-state index is 0.0479. The highest BCUT2D eigenvalue weighted by Crippen LogP contribution is 2.24. The van der Waals surface area contributed by atoms with Gasteiger partial charge in [-0.3, -0.25) is 4.79 Å². The van der Waals surface area contributed by atoms with Crippen LogP contribution < -0.4 is 10.1 Å². The van der Waals surface area contributed by atoms with Gasteiger partial charge in [-0.05, 0) is 50.3 Å². The Morgan fingerprint density at radius 1 is 1.23 bits per heavy atom. The Labute approximate surface area is 151 Å². The van der Waals surface area contributed by atoms with Crippen LogP contribution in [0.3, 0.4) is 0 Å². The monoisotopic (exact) mass is 345 g/mol. The van der Waals surface area contributed by atoms with Gasteiger partial charge in [0, 0.05) is 27.8 Å². The Hall–Kier alpha value is -3.52. The van der Waals surface area contributed by atoms with Gasteiger partial charge in [-0.25, -0.2) is 0 Å². The molecule has 0 saturated heterocycles. The topological polar surface area (TPSA) is 77.9 Å². The van der Waals surface area contributed by atoms with Crippen LogP contribution >= 0.6 is 0 Å². The number of nitrogens with one attached hydrogen (secondary N) is 2. The molecule has 0 saturated carbocycles. The zero-order valence-corrected chi connectivity index (χ0v) is 14.7. The second-order valence-corrected chi connectivity index (χ2v) is 5.79. The first-order valence-electron chi connectivity index (χ1n) is 8.35. The summed E-state index contributed by atoms with van der Waals surface area (Å²) in [5, 5.41) is 13.2. The molecule has 2 aromatic carbocycles. The highest BCUT2D eigenvalue weighted by Gasteiger charge is 2.13. The molecular formula is C21H19N3O2. The number of carbonyl (C=O) groups excluding carboxylic acids is 1. The van der Waals surface area contributed by atoms with E-state index in [1.165, 1.54) is 0 Å². The number of aromatic amines is 1. The number of hydrogen-bond acceptors (Lipinski definition) is 3. The minimum Gasteiger partial charge on any atom is -0.494 e. The number of benzene rings is 2. The quantitative estimate of drug-likeness (QED) is 0.531. The summed E-state index contributed by atoms with van der Waals surface area (Å²) >= 11 is 0. The number of hydrogen-bond donors (Lipinski definition) is 2. The van der Waals surface area contributed by atoms with Crippen LogP contribution in [0.4, 0.5) is 5.69 Å². The summed E-state index contributed by atoms with van der Waals surface area (Å²) in [6, 6.07) is 16.8. The van der Waals surface area contributed by atoms with E-state index in [9.17, 15) is 10.1 Å². The number of H-pyrrole nitrogens is 1. The standard InChI is InChI=1S/C21H19N3O2/c1-3-26-17-10-8-16(9-11-17)24-21(25)15(13-22)12-19-14(2)23-20-7-5-4-6-18(19)20/h4-12,23H,3H2,1-2H3,(H,24,25). The lowest BCUT2D eigenvalue weighted by atomic mass is 10.1. The first kappa shape index (κ1) is 17.3. The van der Waals surface area contributed by atoms with Crippen molar-refractivity contribution in [2.45, 2.75) is 13.8 Å². The largest absolute Gasteiger partial charge is 0.494 e. The number of aromatic nitrogens is 1. The number of anilines is 1. The Morgan fingerprint density at radius 3 is 2.65 bits per heavy atom. The predicted octanol–water partition coefficient (Wildman–Crippen LogP) is 4.42. The van der Waals surface area contributed by atoms with Gasteiger partial charge >= 0.3 is 0 Å². The molecule has 0 spiro atoms. The highest BCUT2D eigenvalue weighted by atomic mass is 16.5. The van der Waals surface area contributed by atoms with E-state index in [1.807, 2.05) is 44.2 Å². The molecule has 0 aliphatic carbocycles. The fourth-order valence-electron chi connectivity index (χ4n) is 2.78.